The Balaban J connectivity index is 3.35. The second kappa shape index (κ2) is 5.86. The van der Waals surface area contributed by atoms with Crippen LogP contribution in [0.2, 0.25) is 0 Å². The maximum absolute atomic E-state index is 3.63. The molecular weight excluding hydrogens is 260 g/mol. The lowest BCUT2D eigenvalue weighted by atomic mass is 9.87. The highest BCUT2D eigenvalue weighted by Gasteiger charge is 2.14. The number of benzene rings is 1. The van der Waals surface area contributed by atoms with Crippen molar-refractivity contribution in [2.45, 2.75) is 59.3 Å². The van der Waals surface area contributed by atoms with E-state index in [1.54, 1.807) is 5.56 Å². The average molecular weight is 283 g/mol. The standard InChI is InChI=1S/C15H23Br/c1-6-7-13-14(10(2)3)8-12(16)9-15(13)11(4)5/h8-11H,6-7H2,1-5H3. The molecule has 0 nitrogen and oxygen atoms in total. The van der Waals surface area contributed by atoms with Gasteiger partial charge in [0.25, 0.3) is 0 Å². The first-order valence-electron chi connectivity index (χ1n) is 6.29. The topological polar surface area (TPSA) is 0 Å². The van der Waals surface area contributed by atoms with Crippen molar-refractivity contribution in [1.82, 2.24) is 0 Å². The molecule has 1 heteroatoms. The minimum Gasteiger partial charge on any atom is -0.0651 e. The van der Waals surface area contributed by atoms with E-state index in [4.69, 9.17) is 0 Å². The second-order valence-corrected chi connectivity index (χ2v) is 6.04. The monoisotopic (exact) mass is 282 g/mol. The summed E-state index contributed by atoms with van der Waals surface area (Å²) in [5.41, 5.74) is 4.61. The fourth-order valence-corrected chi connectivity index (χ4v) is 2.74. The molecule has 0 aliphatic rings. The van der Waals surface area contributed by atoms with E-state index in [-0.39, 0.29) is 0 Å². The second-order valence-electron chi connectivity index (χ2n) is 5.12. The maximum atomic E-state index is 3.63. The molecule has 0 atom stereocenters. The quantitative estimate of drug-likeness (QED) is 0.670. The van der Waals surface area contributed by atoms with Crippen LogP contribution in [0.25, 0.3) is 0 Å². The summed E-state index contributed by atoms with van der Waals surface area (Å²) in [5.74, 6) is 1.22. The van der Waals surface area contributed by atoms with Gasteiger partial charge in [0.05, 0.1) is 0 Å². The van der Waals surface area contributed by atoms with E-state index >= 15 is 0 Å². The molecule has 0 bridgehead atoms. The molecule has 0 saturated carbocycles. The van der Waals surface area contributed by atoms with E-state index in [9.17, 15) is 0 Å². The van der Waals surface area contributed by atoms with Gasteiger partial charge in [-0.15, -0.1) is 0 Å². The summed E-state index contributed by atoms with van der Waals surface area (Å²) in [6, 6.07) is 4.59. The van der Waals surface area contributed by atoms with Crippen LogP contribution in [0.4, 0.5) is 0 Å². The normalized spacial score (nSPS) is 11.5. The molecule has 0 unspecified atom stereocenters. The van der Waals surface area contributed by atoms with Crippen molar-refractivity contribution in [2.24, 2.45) is 0 Å². The number of halogens is 1. The number of hydrogen-bond acceptors (Lipinski definition) is 0. The molecule has 0 amide bonds. The van der Waals surface area contributed by atoms with Gasteiger partial charge in [-0.2, -0.15) is 0 Å². The van der Waals surface area contributed by atoms with Crippen molar-refractivity contribution in [1.29, 1.82) is 0 Å². The summed E-state index contributed by atoms with van der Waals surface area (Å²) in [5, 5.41) is 0. The summed E-state index contributed by atoms with van der Waals surface area (Å²) < 4.78 is 1.22. The van der Waals surface area contributed by atoms with Gasteiger partial charge in [-0.05, 0) is 47.1 Å². The van der Waals surface area contributed by atoms with Gasteiger partial charge in [-0.3, -0.25) is 0 Å². The smallest absolute Gasteiger partial charge is 0.0181 e. The summed E-state index contributed by atoms with van der Waals surface area (Å²) in [7, 11) is 0. The Hall–Kier alpha value is -0.300. The van der Waals surface area contributed by atoms with Crippen LogP contribution in [0.5, 0.6) is 0 Å². The molecule has 16 heavy (non-hydrogen) atoms. The van der Waals surface area contributed by atoms with Gasteiger partial charge >= 0.3 is 0 Å². The summed E-state index contributed by atoms with van der Waals surface area (Å²) >= 11 is 3.63. The molecule has 0 aromatic heterocycles. The van der Waals surface area contributed by atoms with E-state index in [1.807, 2.05) is 0 Å². The van der Waals surface area contributed by atoms with Crippen molar-refractivity contribution >= 4 is 15.9 Å². The number of rotatable bonds is 4. The van der Waals surface area contributed by atoms with Crippen molar-refractivity contribution < 1.29 is 0 Å². The third-order valence-electron chi connectivity index (χ3n) is 3.03. The van der Waals surface area contributed by atoms with Crippen LogP contribution < -0.4 is 0 Å². The van der Waals surface area contributed by atoms with Crippen molar-refractivity contribution in [3.63, 3.8) is 0 Å². The van der Waals surface area contributed by atoms with E-state index in [2.05, 4.69) is 62.7 Å². The van der Waals surface area contributed by atoms with E-state index in [1.165, 1.54) is 28.4 Å². The Morgan fingerprint density at radius 2 is 1.44 bits per heavy atom. The Labute approximate surface area is 109 Å². The van der Waals surface area contributed by atoms with Crippen LogP contribution in [0.3, 0.4) is 0 Å². The average Bonchev–Trinajstić information content (AvgIpc) is 2.19. The molecular formula is C15H23Br. The van der Waals surface area contributed by atoms with Crippen LogP contribution in [-0.2, 0) is 6.42 Å². The van der Waals surface area contributed by atoms with Gasteiger partial charge < -0.3 is 0 Å². The first-order chi connectivity index (χ1) is 7.47. The van der Waals surface area contributed by atoms with Crippen LogP contribution in [0.1, 0.15) is 69.6 Å². The zero-order chi connectivity index (χ0) is 12.3. The fraction of sp³-hybridized carbons (Fsp3) is 0.600. The van der Waals surface area contributed by atoms with Crippen LogP contribution in [0.15, 0.2) is 16.6 Å². The van der Waals surface area contributed by atoms with E-state index in [0.29, 0.717) is 11.8 Å². The Morgan fingerprint density at radius 1 is 1.00 bits per heavy atom. The lowest BCUT2D eigenvalue weighted by molar-refractivity contribution is 0.776. The highest BCUT2D eigenvalue weighted by molar-refractivity contribution is 9.10. The predicted molar refractivity (Wildman–Crippen MR) is 76.3 cm³/mol. The molecule has 1 aromatic carbocycles. The highest BCUT2D eigenvalue weighted by Crippen LogP contribution is 2.32. The van der Waals surface area contributed by atoms with Gasteiger partial charge in [0, 0.05) is 4.47 Å². The van der Waals surface area contributed by atoms with Crippen molar-refractivity contribution in [2.75, 3.05) is 0 Å². The van der Waals surface area contributed by atoms with Crippen LogP contribution in [0, 0.1) is 0 Å². The molecule has 90 valence electrons. The predicted octanol–water partition coefficient (Wildman–Crippen LogP) is 5.65. The Morgan fingerprint density at radius 3 is 1.75 bits per heavy atom. The number of hydrogen-bond donors (Lipinski definition) is 0. The molecule has 0 radical (unpaired) electrons. The van der Waals surface area contributed by atoms with Gasteiger partial charge in [0.15, 0.2) is 0 Å². The highest BCUT2D eigenvalue weighted by atomic mass is 79.9. The third kappa shape index (κ3) is 3.10. The summed E-state index contributed by atoms with van der Waals surface area (Å²) in [6.45, 7) is 11.4. The van der Waals surface area contributed by atoms with Gasteiger partial charge in [0.1, 0.15) is 0 Å². The summed E-state index contributed by atoms with van der Waals surface area (Å²) in [6.07, 6.45) is 2.43. The van der Waals surface area contributed by atoms with E-state index in [0.717, 1.165) is 0 Å². The lowest BCUT2D eigenvalue weighted by Crippen LogP contribution is -2.03. The SMILES string of the molecule is CCCc1c(C(C)C)cc(Br)cc1C(C)C. The summed E-state index contributed by atoms with van der Waals surface area (Å²) in [4.78, 5) is 0. The molecule has 0 spiro atoms. The van der Waals surface area contributed by atoms with Crippen LogP contribution >= 0.6 is 15.9 Å². The molecule has 0 heterocycles. The largest absolute Gasteiger partial charge is 0.0651 e. The Bertz CT molecular complexity index is 321. The minimum atomic E-state index is 0.608. The zero-order valence-corrected chi connectivity index (χ0v) is 12.7. The van der Waals surface area contributed by atoms with E-state index < -0.39 is 0 Å². The lowest BCUT2D eigenvalue weighted by Gasteiger charge is -2.20. The first-order valence-corrected chi connectivity index (χ1v) is 7.08. The minimum absolute atomic E-state index is 0.608. The third-order valence-corrected chi connectivity index (χ3v) is 3.49. The van der Waals surface area contributed by atoms with Crippen molar-refractivity contribution in [3.8, 4) is 0 Å². The van der Waals surface area contributed by atoms with Crippen LogP contribution in [-0.4, -0.2) is 0 Å². The molecule has 0 aliphatic heterocycles. The molecule has 0 saturated heterocycles. The first kappa shape index (κ1) is 13.8. The van der Waals surface area contributed by atoms with Crippen molar-refractivity contribution in [3.05, 3.63) is 33.3 Å². The molecule has 0 N–H and O–H groups in total. The fourth-order valence-electron chi connectivity index (χ4n) is 2.25. The van der Waals surface area contributed by atoms with Gasteiger partial charge in [-0.25, -0.2) is 0 Å². The molecule has 0 fully saturated rings. The molecule has 1 rings (SSSR count). The van der Waals surface area contributed by atoms with Gasteiger partial charge in [-0.1, -0.05) is 57.0 Å². The Kier molecular flexibility index (Phi) is 5.04. The van der Waals surface area contributed by atoms with Gasteiger partial charge in [0.2, 0.25) is 0 Å². The zero-order valence-electron chi connectivity index (χ0n) is 11.1. The molecule has 1 aromatic rings. The molecule has 0 aliphatic carbocycles. The maximum Gasteiger partial charge on any atom is 0.0181 e.